The number of urea groups is 1. The molecule has 0 spiro atoms. The maximum atomic E-state index is 13.5. The number of halogens is 3. The van der Waals surface area contributed by atoms with E-state index in [1.54, 1.807) is 25.1 Å². The molecule has 0 radical (unpaired) electrons. The maximum Gasteiger partial charge on any atom is 0.418 e. The maximum absolute atomic E-state index is 13.5. The normalized spacial score (nSPS) is 17.4. The first kappa shape index (κ1) is 29.1. The Bertz CT molecular complexity index is 1360. The van der Waals surface area contributed by atoms with Crippen molar-refractivity contribution in [2.24, 2.45) is 0 Å². The molecule has 1 aliphatic rings. The number of imide groups is 1. The summed E-state index contributed by atoms with van der Waals surface area (Å²) in [5.74, 6) is 0.526. The molecule has 3 aromatic rings. The van der Waals surface area contributed by atoms with Crippen LogP contribution in [0.2, 0.25) is 0 Å². The van der Waals surface area contributed by atoms with Crippen LogP contribution >= 0.6 is 0 Å². The molecule has 1 saturated heterocycles. The summed E-state index contributed by atoms with van der Waals surface area (Å²) in [7, 11) is 1.50. The van der Waals surface area contributed by atoms with E-state index in [0.717, 1.165) is 30.9 Å². The Hall–Kier alpha value is -3.89. The number of carbonyl (C=O) groups is 2. The number of rotatable bonds is 12. The van der Waals surface area contributed by atoms with Gasteiger partial charge in [-0.3, -0.25) is 14.7 Å². The van der Waals surface area contributed by atoms with Crippen molar-refractivity contribution in [2.45, 2.75) is 64.1 Å². The van der Waals surface area contributed by atoms with Gasteiger partial charge in [-0.05, 0) is 44.4 Å². The van der Waals surface area contributed by atoms with E-state index in [0.29, 0.717) is 48.4 Å². The highest BCUT2D eigenvalue weighted by Crippen LogP contribution is 2.38. The SMILES string of the molecule is CCCc1cnc2c(C(F)(F)F)cccc2c1OCCCCCCN1C(=O)NC(C)(c2ccc(OC)nc2)C1=O. The number of pyridine rings is 2. The van der Waals surface area contributed by atoms with Crippen molar-refractivity contribution in [3.8, 4) is 11.6 Å². The zero-order valence-electron chi connectivity index (χ0n) is 22.8. The molecule has 3 heterocycles. The van der Waals surface area contributed by atoms with E-state index in [1.165, 1.54) is 30.5 Å². The van der Waals surface area contributed by atoms with Gasteiger partial charge in [-0.15, -0.1) is 0 Å². The van der Waals surface area contributed by atoms with E-state index in [1.807, 2.05) is 6.92 Å². The number of benzene rings is 1. The molecule has 4 rings (SSSR count). The zero-order valence-corrected chi connectivity index (χ0v) is 22.8. The van der Waals surface area contributed by atoms with Crippen LogP contribution in [0.4, 0.5) is 18.0 Å². The van der Waals surface area contributed by atoms with E-state index in [-0.39, 0.29) is 18.0 Å². The number of alkyl halides is 3. The van der Waals surface area contributed by atoms with Crippen molar-refractivity contribution in [2.75, 3.05) is 20.3 Å². The number of aryl methyl sites for hydroxylation is 1. The number of nitrogens with one attached hydrogen (secondary N) is 1. The fraction of sp³-hybridized carbons (Fsp3) is 0.448. The third-order valence-electron chi connectivity index (χ3n) is 7.07. The summed E-state index contributed by atoms with van der Waals surface area (Å²) in [5.41, 5.74) is -0.740. The highest BCUT2D eigenvalue weighted by Gasteiger charge is 2.48. The Morgan fingerprint density at radius 3 is 2.48 bits per heavy atom. The molecule has 40 heavy (non-hydrogen) atoms. The van der Waals surface area contributed by atoms with Crippen LogP contribution in [-0.2, 0) is 22.9 Å². The monoisotopic (exact) mass is 558 g/mol. The lowest BCUT2D eigenvalue weighted by molar-refractivity contribution is -0.136. The van der Waals surface area contributed by atoms with E-state index in [9.17, 15) is 22.8 Å². The first-order valence-electron chi connectivity index (χ1n) is 13.4. The average Bonchev–Trinajstić information content (AvgIpc) is 3.16. The average molecular weight is 559 g/mol. The molecule has 3 amide bonds. The van der Waals surface area contributed by atoms with Crippen molar-refractivity contribution < 1.29 is 32.2 Å². The van der Waals surface area contributed by atoms with E-state index in [2.05, 4.69) is 15.3 Å². The summed E-state index contributed by atoms with van der Waals surface area (Å²) >= 11 is 0. The van der Waals surface area contributed by atoms with Gasteiger partial charge in [-0.25, -0.2) is 9.78 Å². The standard InChI is InChI=1S/C29H33F3N4O4/c1-4-10-19-17-34-24-21(11-9-12-22(24)29(30,31)32)25(19)40-16-8-6-5-7-15-36-26(37)28(2,35-27(36)38)20-13-14-23(39-3)33-18-20/h9,11-14,17-18H,4-8,10,15-16H2,1-3H3,(H,35,38). The minimum absolute atomic E-state index is 0.115. The minimum atomic E-state index is -4.51. The first-order valence-corrected chi connectivity index (χ1v) is 13.4. The highest BCUT2D eigenvalue weighted by molar-refractivity contribution is 6.07. The van der Waals surface area contributed by atoms with Crippen molar-refractivity contribution in [1.29, 1.82) is 0 Å². The molecule has 214 valence electrons. The topological polar surface area (TPSA) is 93.7 Å². The molecule has 8 nitrogen and oxygen atoms in total. The number of carbonyl (C=O) groups excluding carboxylic acids is 2. The van der Waals surface area contributed by atoms with Crippen LogP contribution < -0.4 is 14.8 Å². The Morgan fingerprint density at radius 1 is 1.02 bits per heavy atom. The molecule has 2 aromatic heterocycles. The fourth-order valence-corrected chi connectivity index (χ4v) is 4.88. The van der Waals surface area contributed by atoms with Crippen LogP contribution in [0.15, 0.2) is 42.7 Å². The van der Waals surface area contributed by atoms with Gasteiger partial charge in [0.15, 0.2) is 0 Å². The van der Waals surface area contributed by atoms with E-state index >= 15 is 0 Å². The molecule has 0 bridgehead atoms. The lowest BCUT2D eigenvalue weighted by Gasteiger charge is -2.22. The predicted molar refractivity (Wildman–Crippen MR) is 143 cm³/mol. The number of hydrogen-bond donors (Lipinski definition) is 1. The van der Waals surface area contributed by atoms with Crippen molar-refractivity contribution in [1.82, 2.24) is 20.2 Å². The number of nitrogens with zero attached hydrogens (tertiary/aromatic N) is 3. The molecule has 11 heteroatoms. The van der Waals surface area contributed by atoms with Gasteiger partial charge < -0.3 is 14.8 Å². The van der Waals surface area contributed by atoms with Gasteiger partial charge in [0.05, 0.1) is 24.8 Å². The molecule has 1 unspecified atom stereocenters. The predicted octanol–water partition coefficient (Wildman–Crippen LogP) is 6.02. The fourth-order valence-electron chi connectivity index (χ4n) is 4.88. The second-order valence-electron chi connectivity index (χ2n) is 9.93. The van der Waals surface area contributed by atoms with Crippen molar-refractivity contribution in [3.63, 3.8) is 0 Å². The van der Waals surface area contributed by atoms with Gasteiger partial charge >= 0.3 is 12.2 Å². The van der Waals surface area contributed by atoms with E-state index < -0.39 is 23.3 Å². The molecule has 1 N–H and O–H groups in total. The number of aromatic nitrogens is 2. The van der Waals surface area contributed by atoms with Crippen molar-refractivity contribution in [3.05, 3.63) is 59.4 Å². The van der Waals surface area contributed by atoms with Crippen LogP contribution in [0, 0.1) is 0 Å². The Kier molecular flexibility index (Phi) is 8.80. The van der Waals surface area contributed by atoms with Crippen LogP contribution in [-0.4, -0.2) is 47.1 Å². The summed E-state index contributed by atoms with van der Waals surface area (Å²) in [4.78, 5) is 35.1. The molecular weight excluding hydrogens is 525 g/mol. The summed E-state index contributed by atoms with van der Waals surface area (Å²) < 4.78 is 51.6. The Labute approximate surface area is 230 Å². The summed E-state index contributed by atoms with van der Waals surface area (Å²) in [5, 5.41) is 3.12. The molecule has 1 aliphatic heterocycles. The molecular formula is C29H33F3N4O4. The number of ether oxygens (including phenoxy) is 2. The lowest BCUT2D eigenvalue weighted by Crippen LogP contribution is -2.41. The van der Waals surface area contributed by atoms with Gasteiger partial charge in [0.1, 0.15) is 11.3 Å². The summed E-state index contributed by atoms with van der Waals surface area (Å²) in [6, 6.07) is 6.91. The quantitative estimate of drug-likeness (QED) is 0.216. The number of methoxy groups -OCH3 is 1. The van der Waals surface area contributed by atoms with Gasteiger partial charge in [0.2, 0.25) is 5.88 Å². The molecule has 0 saturated carbocycles. The highest BCUT2D eigenvalue weighted by atomic mass is 19.4. The molecule has 0 aliphatic carbocycles. The third kappa shape index (κ3) is 5.97. The third-order valence-corrected chi connectivity index (χ3v) is 7.07. The van der Waals surface area contributed by atoms with Crippen LogP contribution in [0.25, 0.3) is 10.9 Å². The number of hydrogen-bond acceptors (Lipinski definition) is 6. The number of fused-ring (bicyclic) bond motifs is 1. The van der Waals surface area contributed by atoms with Gasteiger partial charge in [-0.2, -0.15) is 13.2 Å². The smallest absolute Gasteiger partial charge is 0.418 e. The minimum Gasteiger partial charge on any atom is -0.493 e. The zero-order chi connectivity index (χ0) is 28.9. The van der Waals surface area contributed by atoms with Gasteiger partial charge in [0, 0.05) is 41.5 Å². The lowest BCUT2D eigenvalue weighted by atomic mass is 9.93. The Morgan fingerprint density at radius 2 is 1.80 bits per heavy atom. The largest absolute Gasteiger partial charge is 0.493 e. The number of para-hydroxylation sites is 1. The first-order chi connectivity index (χ1) is 19.1. The Balaban J connectivity index is 1.30. The van der Waals surface area contributed by atoms with Crippen molar-refractivity contribution >= 4 is 22.8 Å². The van der Waals surface area contributed by atoms with Gasteiger partial charge in [-0.1, -0.05) is 32.3 Å². The van der Waals surface area contributed by atoms with Crippen LogP contribution in [0.5, 0.6) is 11.6 Å². The second kappa shape index (κ2) is 12.1. The molecule has 1 fully saturated rings. The number of unbranched alkanes of at least 4 members (excludes halogenated alkanes) is 3. The van der Waals surface area contributed by atoms with E-state index in [4.69, 9.17) is 9.47 Å². The van der Waals surface area contributed by atoms with Crippen LogP contribution in [0.3, 0.4) is 0 Å². The summed E-state index contributed by atoms with van der Waals surface area (Å²) in [6.45, 7) is 4.25. The van der Waals surface area contributed by atoms with Gasteiger partial charge in [0.25, 0.3) is 5.91 Å². The van der Waals surface area contributed by atoms with Crippen LogP contribution in [0.1, 0.15) is 62.6 Å². The second-order valence-corrected chi connectivity index (χ2v) is 9.93. The summed E-state index contributed by atoms with van der Waals surface area (Å²) in [6.07, 6.45) is 2.74. The molecule has 1 aromatic carbocycles. The molecule has 1 atom stereocenters. The number of amides is 3.